The monoisotopic (exact) mass is 266 g/mol. The summed E-state index contributed by atoms with van der Waals surface area (Å²) in [4.78, 5) is 21.9. The molecule has 5 nitrogen and oxygen atoms in total. The zero-order chi connectivity index (χ0) is 13.9. The van der Waals surface area contributed by atoms with Crippen molar-refractivity contribution in [1.29, 1.82) is 0 Å². The summed E-state index contributed by atoms with van der Waals surface area (Å²) in [6, 6.07) is 3.82. The van der Waals surface area contributed by atoms with Gasteiger partial charge in [-0.1, -0.05) is 17.5 Å². The normalized spacial score (nSPS) is 10.6. The molecule has 94 valence electrons. The Morgan fingerprint density at radius 1 is 1.56 bits per heavy atom. The number of carbonyl (C=O) groups excluding carboxylic acids is 1. The second-order valence-corrected chi connectivity index (χ2v) is 4.55. The van der Waals surface area contributed by atoms with E-state index in [0.717, 1.165) is 6.07 Å². The van der Waals surface area contributed by atoms with E-state index in [1.54, 1.807) is 13.8 Å². The molecule has 1 aromatic rings. The van der Waals surface area contributed by atoms with Gasteiger partial charge in [-0.3, -0.25) is 14.9 Å². The molecule has 0 fully saturated rings. The molecule has 1 rings (SSSR count). The first-order chi connectivity index (χ1) is 8.26. The number of hydrogen-bond donors (Lipinski definition) is 1. The van der Waals surface area contributed by atoms with Gasteiger partial charge in [0.05, 0.1) is 10.5 Å². The molecule has 0 atom stereocenters. The smallest absolute Gasteiger partial charge is 0.288 e. The average Bonchev–Trinajstić information content (AvgIpc) is 2.28. The molecule has 0 radical (unpaired) electrons. The molecule has 0 aromatic heterocycles. The zero-order valence-electron chi connectivity index (χ0n) is 9.86. The predicted octanol–water partition coefficient (Wildman–Crippen LogP) is 2.39. The van der Waals surface area contributed by atoms with Gasteiger partial charge < -0.3 is 5.32 Å². The van der Waals surface area contributed by atoms with E-state index in [2.05, 4.69) is 11.2 Å². The Bertz CT molecular complexity index is 547. The maximum Gasteiger partial charge on any atom is 0.288 e. The first kappa shape index (κ1) is 14.0. The van der Waals surface area contributed by atoms with E-state index in [1.807, 2.05) is 0 Å². The molecule has 0 aliphatic heterocycles. The number of nitrogens with zero attached hydrogens (tertiary/aromatic N) is 1. The number of carbonyl (C=O) groups is 1. The van der Waals surface area contributed by atoms with Gasteiger partial charge in [0.2, 0.25) is 0 Å². The highest BCUT2D eigenvalue weighted by atomic mass is 35.5. The van der Waals surface area contributed by atoms with Crippen LogP contribution in [0.1, 0.15) is 24.2 Å². The number of hydrogen-bond acceptors (Lipinski definition) is 3. The van der Waals surface area contributed by atoms with Crippen molar-refractivity contribution in [1.82, 2.24) is 5.32 Å². The molecular weight excluding hydrogens is 256 g/mol. The fraction of sp³-hybridized carbons (Fsp3) is 0.250. The van der Waals surface area contributed by atoms with Gasteiger partial charge in [-0.25, -0.2) is 0 Å². The Hall–Kier alpha value is -2.06. The number of terminal acetylenes is 1. The van der Waals surface area contributed by atoms with Crippen molar-refractivity contribution in [3.8, 4) is 12.3 Å². The van der Waals surface area contributed by atoms with Crippen LogP contribution >= 0.6 is 11.6 Å². The molecule has 0 bridgehead atoms. The third kappa shape index (κ3) is 3.22. The van der Waals surface area contributed by atoms with Crippen LogP contribution in [-0.2, 0) is 0 Å². The molecule has 1 aromatic carbocycles. The van der Waals surface area contributed by atoms with E-state index in [-0.39, 0.29) is 16.3 Å². The van der Waals surface area contributed by atoms with Crippen LogP contribution in [0.15, 0.2) is 18.2 Å². The van der Waals surface area contributed by atoms with Crippen LogP contribution in [0.25, 0.3) is 0 Å². The van der Waals surface area contributed by atoms with E-state index < -0.39 is 16.4 Å². The number of nitro benzene ring substituents is 1. The number of amides is 1. The molecule has 0 unspecified atom stereocenters. The maximum absolute atomic E-state index is 11.8. The minimum atomic E-state index is -0.828. The predicted molar refractivity (Wildman–Crippen MR) is 68.5 cm³/mol. The maximum atomic E-state index is 11.8. The number of halogens is 1. The van der Waals surface area contributed by atoms with Crippen molar-refractivity contribution >= 4 is 23.2 Å². The van der Waals surface area contributed by atoms with Gasteiger partial charge in [-0.05, 0) is 26.0 Å². The summed E-state index contributed by atoms with van der Waals surface area (Å²) in [6.07, 6.45) is 5.24. The van der Waals surface area contributed by atoms with Gasteiger partial charge in [-0.2, -0.15) is 0 Å². The molecule has 1 amide bonds. The number of benzene rings is 1. The van der Waals surface area contributed by atoms with Gasteiger partial charge in [0.25, 0.3) is 11.6 Å². The third-order valence-corrected chi connectivity index (χ3v) is 2.51. The standard InChI is InChI=1S/C12H11ClN2O3/c1-4-12(2,3)14-11(16)8-5-6-9(13)10(7-8)15(17)18/h1,5-7H,2-3H3,(H,14,16). The highest BCUT2D eigenvalue weighted by molar-refractivity contribution is 6.32. The number of nitro groups is 1. The molecule has 0 heterocycles. The van der Waals surface area contributed by atoms with Crippen LogP contribution in [0.2, 0.25) is 5.02 Å². The van der Waals surface area contributed by atoms with E-state index in [1.165, 1.54) is 12.1 Å². The van der Waals surface area contributed by atoms with Crippen LogP contribution in [0.3, 0.4) is 0 Å². The number of rotatable bonds is 3. The summed E-state index contributed by atoms with van der Waals surface area (Å²) >= 11 is 5.65. The molecule has 0 saturated carbocycles. The molecule has 0 spiro atoms. The molecule has 1 N–H and O–H groups in total. The molecule has 0 aliphatic rings. The van der Waals surface area contributed by atoms with Crippen LogP contribution in [0.5, 0.6) is 0 Å². The summed E-state index contributed by atoms with van der Waals surface area (Å²) in [6.45, 7) is 3.30. The first-order valence-corrected chi connectivity index (χ1v) is 5.39. The summed E-state index contributed by atoms with van der Waals surface area (Å²) in [5.41, 5.74) is -1.01. The lowest BCUT2D eigenvalue weighted by Crippen LogP contribution is -2.42. The quantitative estimate of drug-likeness (QED) is 0.519. The largest absolute Gasteiger partial charge is 0.336 e. The van der Waals surface area contributed by atoms with Gasteiger partial charge in [-0.15, -0.1) is 6.42 Å². The first-order valence-electron chi connectivity index (χ1n) is 5.01. The van der Waals surface area contributed by atoms with Crippen LogP contribution in [0.4, 0.5) is 5.69 Å². The Morgan fingerprint density at radius 3 is 2.67 bits per heavy atom. The highest BCUT2D eigenvalue weighted by Crippen LogP contribution is 2.25. The van der Waals surface area contributed by atoms with E-state index in [0.29, 0.717) is 0 Å². The fourth-order valence-corrected chi connectivity index (χ4v) is 1.37. The molecule has 6 heteroatoms. The van der Waals surface area contributed by atoms with E-state index in [4.69, 9.17) is 18.0 Å². The van der Waals surface area contributed by atoms with Crippen LogP contribution in [-0.4, -0.2) is 16.4 Å². The molecule has 0 aliphatic carbocycles. The van der Waals surface area contributed by atoms with Crippen molar-refractivity contribution in [3.63, 3.8) is 0 Å². The van der Waals surface area contributed by atoms with Crippen molar-refractivity contribution in [2.45, 2.75) is 19.4 Å². The van der Waals surface area contributed by atoms with Gasteiger partial charge in [0.15, 0.2) is 0 Å². The van der Waals surface area contributed by atoms with Crippen molar-refractivity contribution < 1.29 is 9.72 Å². The molecule has 0 saturated heterocycles. The lowest BCUT2D eigenvalue weighted by atomic mass is 10.1. The lowest BCUT2D eigenvalue weighted by Gasteiger charge is -2.19. The highest BCUT2D eigenvalue weighted by Gasteiger charge is 2.21. The summed E-state index contributed by atoms with van der Waals surface area (Å²) < 4.78 is 0. The minimum Gasteiger partial charge on any atom is -0.336 e. The second kappa shape index (κ2) is 5.07. The van der Waals surface area contributed by atoms with Crippen LogP contribution in [0, 0.1) is 22.5 Å². The Labute approximate surface area is 109 Å². The van der Waals surface area contributed by atoms with E-state index in [9.17, 15) is 14.9 Å². The van der Waals surface area contributed by atoms with Gasteiger partial charge in [0, 0.05) is 11.6 Å². The van der Waals surface area contributed by atoms with Crippen molar-refractivity contribution in [3.05, 3.63) is 38.9 Å². The lowest BCUT2D eigenvalue weighted by molar-refractivity contribution is -0.384. The Balaban J connectivity index is 3.06. The Kier molecular flexibility index (Phi) is 3.94. The number of nitrogens with one attached hydrogen (secondary N) is 1. The van der Waals surface area contributed by atoms with Crippen molar-refractivity contribution in [2.75, 3.05) is 0 Å². The van der Waals surface area contributed by atoms with Gasteiger partial charge in [0.1, 0.15) is 5.02 Å². The SMILES string of the molecule is C#CC(C)(C)NC(=O)c1ccc(Cl)c([N+](=O)[O-])c1. The second-order valence-electron chi connectivity index (χ2n) is 4.15. The van der Waals surface area contributed by atoms with Gasteiger partial charge >= 0.3 is 0 Å². The molecule has 18 heavy (non-hydrogen) atoms. The summed E-state index contributed by atoms with van der Waals surface area (Å²) in [5.74, 6) is 1.91. The van der Waals surface area contributed by atoms with E-state index >= 15 is 0 Å². The average molecular weight is 267 g/mol. The Morgan fingerprint density at radius 2 is 2.17 bits per heavy atom. The minimum absolute atomic E-state index is 0.0206. The molecular formula is C12H11ClN2O3. The van der Waals surface area contributed by atoms with Crippen LogP contribution < -0.4 is 5.32 Å². The topological polar surface area (TPSA) is 72.2 Å². The van der Waals surface area contributed by atoms with Crippen molar-refractivity contribution in [2.24, 2.45) is 0 Å². The summed E-state index contributed by atoms with van der Waals surface area (Å²) in [5, 5.41) is 13.2. The third-order valence-electron chi connectivity index (χ3n) is 2.19. The zero-order valence-corrected chi connectivity index (χ0v) is 10.6. The summed E-state index contributed by atoms with van der Waals surface area (Å²) in [7, 11) is 0. The fourth-order valence-electron chi connectivity index (χ4n) is 1.19.